The Morgan fingerprint density at radius 3 is 1.32 bits per heavy atom. The van der Waals surface area contributed by atoms with Crippen molar-refractivity contribution in [1.29, 1.82) is 0 Å². The average Bonchev–Trinajstić information content (AvgIpc) is 2.46. The standard InChI is InChI=1S/C14H8O2.C2H6O/c15-13-11-7-3-1-5-9(11)10-6-2-4-8-12(10)14(13)16;1-2-3/h1-8H;3H,2H2,1H3. The van der Waals surface area contributed by atoms with Crippen LogP contribution in [0.4, 0.5) is 0 Å². The lowest BCUT2D eigenvalue weighted by Gasteiger charge is -2.16. The molecule has 0 amide bonds. The summed E-state index contributed by atoms with van der Waals surface area (Å²) in [5.41, 5.74) is 2.71. The Balaban J connectivity index is 0.000000408. The molecule has 3 nitrogen and oxygen atoms in total. The Morgan fingerprint density at radius 1 is 0.737 bits per heavy atom. The molecule has 0 fully saturated rings. The van der Waals surface area contributed by atoms with Gasteiger partial charge in [-0.3, -0.25) is 9.59 Å². The number of hydrogen-bond acceptors (Lipinski definition) is 3. The molecule has 0 atom stereocenters. The predicted octanol–water partition coefficient (Wildman–Crippen LogP) is 2.73. The van der Waals surface area contributed by atoms with E-state index >= 15 is 0 Å². The Morgan fingerprint density at radius 2 is 1.00 bits per heavy atom. The molecular weight excluding hydrogens is 240 g/mol. The number of carbonyl (C=O) groups is 2. The normalized spacial score (nSPS) is 12.1. The number of carbonyl (C=O) groups excluding carboxylic acids is 2. The predicted molar refractivity (Wildman–Crippen MR) is 73.3 cm³/mol. The third-order valence-electron chi connectivity index (χ3n) is 2.84. The van der Waals surface area contributed by atoms with E-state index in [9.17, 15) is 9.59 Å². The van der Waals surface area contributed by atoms with Gasteiger partial charge in [-0.05, 0) is 18.1 Å². The number of aliphatic hydroxyl groups is 1. The van der Waals surface area contributed by atoms with Gasteiger partial charge in [-0.25, -0.2) is 0 Å². The van der Waals surface area contributed by atoms with Gasteiger partial charge in [-0.2, -0.15) is 0 Å². The average molecular weight is 254 g/mol. The summed E-state index contributed by atoms with van der Waals surface area (Å²) in [7, 11) is 0. The topological polar surface area (TPSA) is 54.4 Å². The van der Waals surface area contributed by atoms with E-state index in [0.29, 0.717) is 11.1 Å². The number of rotatable bonds is 0. The maximum absolute atomic E-state index is 11.8. The van der Waals surface area contributed by atoms with E-state index in [2.05, 4.69) is 0 Å². The maximum atomic E-state index is 11.8. The lowest BCUT2D eigenvalue weighted by molar-refractivity contribution is 0.0815. The summed E-state index contributed by atoms with van der Waals surface area (Å²) >= 11 is 0. The smallest absolute Gasteiger partial charge is 0.234 e. The molecule has 2 aromatic rings. The van der Waals surface area contributed by atoms with E-state index in [1.54, 1.807) is 31.2 Å². The largest absolute Gasteiger partial charge is 0.397 e. The molecule has 1 aliphatic rings. The van der Waals surface area contributed by atoms with E-state index in [-0.39, 0.29) is 6.61 Å². The highest BCUT2D eigenvalue weighted by Gasteiger charge is 2.29. The van der Waals surface area contributed by atoms with Gasteiger partial charge in [0.05, 0.1) is 0 Å². The Kier molecular flexibility index (Phi) is 3.88. The second-order valence-electron chi connectivity index (χ2n) is 4.07. The zero-order valence-electron chi connectivity index (χ0n) is 10.6. The molecule has 0 aromatic heterocycles. The van der Waals surface area contributed by atoms with Gasteiger partial charge in [-0.1, -0.05) is 48.5 Å². The summed E-state index contributed by atoms with van der Waals surface area (Å²) < 4.78 is 0. The SMILES string of the molecule is CCO.O=C1C(=O)c2ccccc2-c2ccccc21. The molecule has 0 heterocycles. The molecule has 0 spiro atoms. The number of ketones is 2. The molecule has 19 heavy (non-hydrogen) atoms. The molecule has 3 rings (SSSR count). The first kappa shape index (κ1) is 13.2. The van der Waals surface area contributed by atoms with Gasteiger partial charge >= 0.3 is 0 Å². The van der Waals surface area contributed by atoms with Gasteiger partial charge < -0.3 is 5.11 Å². The summed E-state index contributed by atoms with van der Waals surface area (Å²) in [5, 5.41) is 7.57. The molecule has 0 saturated heterocycles. The van der Waals surface area contributed by atoms with Crippen molar-refractivity contribution < 1.29 is 14.7 Å². The highest BCUT2D eigenvalue weighted by molar-refractivity contribution is 6.52. The van der Waals surface area contributed by atoms with E-state index in [4.69, 9.17) is 5.11 Å². The summed E-state index contributed by atoms with van der Waals surface area (Å²) in [4.78, 5) is 23.7. The third-order valence-corrected chi connectivity index (χ3v) is 2.84. The molecule has 1 aliphatic carbocycles. The van der Waals surface area contributed by atoms with Gasteiger partial charge in [0.2, 0.25) is 11.6 Å². The summed E-state index contributed by atoms with van der Waals surface area (Å²) in [5.74, 6) is -0.816. The van der Waals surface area contributed by atoms with Crippen molar-refractivity contribution in [3.8, 4) is 11.1 Å². The zero-order valence-corrected chi connectivity index (χ0v) is 10.6. The molecule has 3 heteroatoms. The molecule has 0 unspecified atom stereocenters. The van der Waals surface area contributed by atoms with Crippen molar-refractivity contribution in [1.82, 2.24) is 0 Å². The third kappa shape index (κ3) is 2.33. The van der Waals surface area contributed by atoms with Crippen LogP contribution in [0.5, 0.6) is 0 Å². The maximum Gasteiger partial charge on any atom is 0.234 e. The number of fused-ring (bicyclic) bond motifs is 3. The lowest BCUT2D eigenvalue weighted by atomic mass is 9.84. The van der Waals surface area contributed by atoms with Crippen LogP contribution < -0.4 is 0 Å². The minimum absolute atomic E-state index is 0.250. The van der Waals surface area contributed by atoms with Crippen LogP contribution in [0.1, 0.15) is 27.6 Å². The van der Waals surface area contributed by atoms with Crippen LogP contribution in [0.2, 0.25) is 0 Å². The van der Waals surface area contributed by atoms with E-state index < -0.39 is 11.6 Å². The molecule has 0 aliphatic heterocycles. The fraction of sp³-hybridized carbons (Fsp3) is 0.125. The second kappa shape index (κ2) is 5.59. The van der Waals surface area contributed by atoms with Crippen molar-refractivity contribution in [2.24, 2.45) is 0 Å². The van der Waals surface area contributed by atoms with Gasteiger partial charge in [0.1, 0.15) is 0 Å². The van der Waals surface area contributed by atoms with Crippen LogP contribution in [0, 0.1) is 0 Å². The molecular formula is C16H14O3. The van der Waals surface area contributed by atoms with Gasteiger partial charge in [0.25, 0.3) is 0 Å². The summed E-state index contributed by atoms with van der Waals surface area (Å²) in [6, 6.07) is 14.4. The minimum Gasteiger partial charge on any atom is -0.397 e. The van der Waals surface area contributed by atoms with Crippen LogP contribution in [0.15, 0.2) is 48.5 Å². The van der Waals surface area contributed by atoms with E-state index in [1.807, 2.05) is 24.3 Å². The lowest BCUT2D eigenvalue weighted by Crippen LogP contribution is -2.20. The van der Waals surface area contributed by atoms with Crippen LogP contribution in [-0.4, -0.2) is 23.3 Å². The van der Waals surface area contributed by atoms with Crippen molar-refractivity contribution in [3.05, 3.63) is 59.7 Å². The van der Waals surface area contributed by atoms with Crippen LogP contribution in [0.3, 0.4) is 0 Å². The Bertz CT molecular complexity index is 574. The van der Waals surface area contributed by atoms with Crippen molar-refractivity contribution in [2.45, 2.75) is 6.92 Å². The monoisotopic (exact) mass is 254 g/mol. The summed E-state index contributed by atoms with van der Waals surface area (Å²) in [6.45, 7) is 1.93. The van der Waals surface area contributed by atoms with E-state index in [1.165, 1.54) is 0 Å². The molecule has 0 radical (unpaired) electrons. The Hall–Kier alpha value is -2.26. The minimum atomic E-state index is -0.408. The number of aliphatic hydroxyl groups excluding tert-OH is 1. The van der Waals surface area contributed by atoms with Gasteiger partial charge in [0, 0.05) is 17.7 Å². The van der Waals surface area contributed by atoms with Crippen molar-refractivity contribution in [3.63, 3.8) is 0 Å². The van der Waals surface area contributed by atoms with Crippen LogP contribution in [-0.2, 0) is 0 Å². The second-order valence-corrected chi connectivity index (χ2v) is 4.07. The van der Waals surface area contributed by atoms with E-state index in [0.717, 1.165) is 11.1 Å². The molecule has 0 saturated carbocycles. The zero-order chi connectivity index (χ0) is 13.8. The number of hydrogen-bond donors (Lipinski definition) is 1. The highest BCUT2D eigenvalue weighted by Crippen LogP contribution is 2.32. The fourth-order valence-electron chi connectivity index (χ4n) is 2.08. The fourth-order valence-corrected chi connectivity index (χ4v) is 2.08. The first-order valence-corrected chi connectivity index (χ1v) is 6.09. The van der Waals surface area contributed by atoms with Gasteiger partial charge in [-0.15, -0.1) is 0 Å². The van der Waals surface area contributed by atoms with Crippen molar-refractivity contribution >= 4 is 11.6 Å². The first-order chi connectivity index (χ1) is 9.20. The van der Waals surface area contributed by atoms with Crippen LogP contribution in [0.25, 0.3) is 11.1 Å². The molecule has 96 valence electrons. The van der Waals surface area contributed by atoms with Crippen molar-refractivity contribution in [2.75, 3.05) is 6.61 Å². The first-order valence-electron chi connectivity index (χ1n) is 6.09. The molecule has 2 aromatic carbocycles. The molecule has 1 N–H and O–H groups in total. The number of benzene rings is 2. The summed E-state index contributed by atoms with van der Waals surface area (Å²) in [6.07, 6.45) is 0. The van der Waals surface area contributed by atoms with Gasteiger partial charge in [0.15, 0.2) is 0 Å². The van der Waals surface area contributed by atoms with Crippen LogP contribution >= 0.6 is 0 Å². The number of Topliss-reactive ketones (excluding diaryl/α,β-unsaturated/α-hetero) is 2. The molecule has 0 bridgehead atoms. The Labute approximate surface area is 111 Å². The highest BCUT2D eigenvalue weighted by atomic mass is 16.2. The quantitative estimate of drug-likeness (QED) is 0.735.